The Bertz CT molecular complexity index is 674. The number of ether oxygens (including phenoxy) is 1. The van der Waals surface area contributed by atoms with Gasteiger partial charge in [-0.1, -0.05) is 43.7 Å². The van der Waals surface area contributed by atoms with Gasteiger partial charge in [-0.25, -0.2) is 0 Å². The van der Waals surface area contributed by atoms with Crippen LogP contribution in [0.3, 0.4) is 0 Å². The predicted molar refractivity (Wildman–Crippen MR) is 100 cm³/mol. The van der Waals surface area contributed by atoms with E-state index in [1.165, 1.54) is 37.4 Å². The topological polar surface area (TPSA) is 41.9 Å². The molecule has 4 nitrogen and oxygen atoms in total. The van der Waals surface area contributed by atoms with E-state index in [0.717, 1.165) is 29.6 Å². The molecule has 0 saturated carbocycles. The second-order valence-corrected chi connectivity index (χ2v) is 6.86. The summed E-state index contributed by atoms with van der Waals surface area (Å²) in [6.45, 7) is 6.09. The van der Waals surface area contributed by atoms with Crippen LogP contribution in [0.4, 0.5) is 0 Å². The molecule has 126 valence electrons. The molecule has 0 N–H and O–H groups in total. The van der Waals surface area contributed by atoms with Gasteiger partial charge in [-0.2, -0.15) is 4.99 Å². The number of benzene rings is 1. The Morgan fingerprint density at radius 1 is 1.21 bits per heavy atom. The summed E-state index contributed by atoms with van der Waals surface area (Å²) in [4.78, 5) is 19.5. The molecule has 24 heavy (non-hydrogen) atoms. The maximum atomic E-state index is 12.3. The number of amidine groups is 1. The van der Waals surface area contributed by atoms with Crippen molar-refractivity contribution < 1.29 is 9.53 Å². The van der Waals surface area contributed by atoms with Crippen LogP contribution in [-0.2, 0) is 4.79 Å². The fourth-order valence-electron chi connectivity index (χ4n) is 2.82. The fraction of sp³-hybridized carbons (Fsp3) is 0.368. The molecule has 0 aliphatic carbocycles. The van der Waals surface area contributed by atoms with Gasteiger partial charge >= 0.3 is 0 Å². The van der Waals surface area contributed by atoms with Gasteiger partial charge in [0.2, 0.25) is 0 Å². The first-order valence-electron chi connectivity index (χ1n) is 8.38. The van der Waals surface area contributed by atoms with Crippen molar-refractivity contribution in [3.8, 4) is 5.75 Å². The Morgan fingerprint density at radius 3 is 2.71 bits per heavy atom. The van der Waals surface area contributed by atoms with Gasteiger partial charge in [0.15, 0.2) is 5.17 Å². The number of hydrogen-bond donors (Lipinski definition) is 0. The van der Waals surface area contributed by atoms with E-state index >= 15 is 0 Å². The monoisotopic (exact) mass is 342 g/mol. The third-order valence-electron chi connectivity index (χ3n) is 4.05. The largest absolute Gasteiger partial charge is 0.489 e. The van der Waals surface area contributed by atoms with Crippen LogP contribution in [0.2, 0.25) is 0 Å². The smallest absolute Gasteiger partial charge is 0.286 e. The Kier molecular flexibility index (Phi) is 5.75. The highest BCUT2D eigenvalue weighted by atomic mass is 32.2. The lowest BCUT2D eigenvalue weighted by molar-refractivity contribution is -0.113. The van der Waals surface area contributed by atoms with Crippen molar-refractivity contribution in [3.05, 3.63) is 47.4 Å². The van der Waals surface area contributed by atoms with Crippen LogP contribution in [0.15, 0.2) is 46.8 Å². The molecule has 2 aliphatic heterocycles. The fourth-order valence-corrected chi connectivity index (χ4v) is 3.77. The van der Waals surface area contributed by atoms with E-state index in [2.05, 4.69) is 16.5 Å². The molecule has 0 bridgehead atoms. The van der Waals surface area contributed by atoms with Crippen LogP contribution >= 0.6 is 11.8 Å². The number of para-hydroxylation sites is 1. The number of rotatable bonds is 4. The normalized spacial score (nSPS) is 20.0. The summed E-state index contributed by atoms with van der Waals surface area (Å²) in [6.07, 6.45) is 8.45. The summed E-state index contributed by atoms with van der Waals surface area (Å²) in [6, 6.07) is 7.71. The lowest BCUT2D eigenvalue weighted by Gasteiger charge is -2.20. The van der Waals surface area contributed by atoms with Crippen LogP contribution in [0.5, 0.6) is 5.75 Å². The number of hydrogen-bond acceptors (Lipinski definition) is 4. The van der Waals surface area contributed by atoms with Crippen LogP contribution in [0.25, 0.3) is 6.08 Å². The number of nitrogens with zero attached hydrogens (tertiary/aromatic N) is 2. The number of thioether (sulfide) groups is 1. The maximum Gasteiger partial charge on any atom is 0.286 e. The molecule has 0 aromatic heterocycles. The van der Waals surface area contributed by atoms with Gasteiger partial charge in [-0.3, -0.25) is 4.79 Å². The van der Waals surface area contributed by atoms with Crippen molar-refractivity contribution in [2.24, 2.45) is 4.99 Å². The highest BCUT2D eigenvalue weighted by Gasteiger charge is 2.26. The molecule has 0 unspecified atom stereocenters. The molecule has 1 aromatic carbocycles. The first-order valence-corrected chi connectivity index (χ1v) is 9.20. The lowest BCUT2D eigenvalue weighted by Crippen LogP contribution is -2.28. The van der Waals surface area contributed by atoms with Crippen molar-refractivity contribution in [1.29, 1.82) is 0 Å². The summed E-state index contributed by atoms with van der Waals surface area (Å²) in [5.74, 6) is 0.597. The average Bonchev–Trinajstić information content (AvgIpc) is 2.80. The Labute approximate surface area is 147 Å². The average molecular weight is 342 g/mol. The zero-order valence-corrected chi connectivity index (χ0v) is 14.6. The van der Waals surface area contributed by atoms with E-state index in [1.807, 2.05) is 30.3 Å². The van der Waals surface area contributed by atoms with Gasteiger partial charge in [0.25, 0.3) is 5.91 Å². The van der Waals surface area contributed by atoms with Crippen LogP contribution in [0.1, 0.15) is 31.2 Å². The molecule has 1 amide bonds. The SMILES string of the molecule is C=CCOc1ccccc1/C=C1\SC(N2CCCCCC2)=NC1=O. The van der Waals surface area contributed by atoms with Gasteiger partial charge in [0, 0.05) is 18.7 Å². The molecular formula is C19H22N2O2S. The first kappa shape index (κ1) is 16.8. The van der Waals surface area contributed by atoms with Gasteiger partial charge in [0.05, 0.1) is 4.91 Å². The van der Waals surface area contributed by atoms with Gasteiger partial charge in [-0.15, -0.1) is 0 Å². The maximum absolute atomic E-state index is 12.3. The Morgan fingerprint density at radius 2 is 1.96 bits per heavy atom. The number of carbonyl (C=O) groups is 1. The summed E-state index contributed by atoms with van der Waals surface area (Å²) >= 11 is 1.47. The van der Waals surface area contributed by atoms with Crippen molar-refractivity contribution in [2.75, 3.05) is 19.7 Å². The molecule has 2 aliphatic rings. The van der Waals surface area contributed by atoms with E-state index in [-0.39, 0.29) is 5.91 Å². The zero-order chi connectivity index (χ0) is 16.8. The number of carbonyl (C=O) groups excluding carboxylic acids is 1. The minimum absolute atomic E-state index is 0.155. The van der Waals surface area contributed by atoms with Crippen LogP contribution in [-0.4, -0.2) is 35.7 Å². The predicted octanol–water partition coefficient (Wildman–Crippen LogP) is 4.10. The number of likely N-dealkylation sites (tertiary alicyclic amines) is 1. The molecule has 1 aromatic rings. The van der Waals surface area contributed by atoms with Crippen LogP contribution < -0.4 is 4.74 Å². The van der Waals surface area contributed by atoms with Crippen molar-refractivity contribution in [3.63, 3.8) is 0 Å². The van der Waals surface area contributed by atoms with E-state index in [4.69, 9.17) is 4.74 Å². The van der Waals surface area contributed by atoms with Gasteiger partial charge < -0.3 is 9.64 Å². The lowest BCUT2D eigenvalue weighted by atomic mass is 10.2. The zero-order valence-electron chi connectivity index (χ0n) is 13.7. The third kappa shape index (κ3) is 4.09. The Balaban J connectivity index is 1.75. The van der Waals surface area contributed by atoms with E-state index in [1.54, 1.807) is 6.08 Å². The standard InChI is InChI=1S/C19H22N2O2S/c1-2-13-23-16-10-6-5-9-15(16)14-17-18(22)20-19(24-17)21-11-7-3-4-8-12-21/h2,5-6,9-10,14H,1,3-4,7-8,11-13H2/b17-14-. The molecule has 1 saturated heterocycles. The van der Waals surface area contributed by atoms with Gasteiger partial charge in [0.1, 0.15) is 12.4 Å². The minimum atomic E-state index is -0.155. The third-order valence-corrected chi connectivity index (χ3v) is 5.09. The summed E-state index contributed by atoms with van der Waals surface area (Å²) in [7, 11) is 0. The molecule has 1 fully saturated rings. The van der Waals surface area contributed by atoms with Crippen molar-refractivity contribution in [2.45, 2.75) is 25.7 Å². The summed E-state index contributed by atoms with van der Waals surface area (Å²) in [5.41, 5.74) is 0.891. The second kappa shape index (κ2) is 8.20. The molecule has 0 radical (unpaired) electrons. The van der Waals surface area contributed by atoms with Crippen LogP contribution in [0, 0.1) is 0 Å². The molecule has 0 spiro atoms. The van der Waals surface area contributed by atoms with E-state index < -0.39 is 0 Å². The van der Waals surface area contributed by atoms with Crippen molar-refractivity contribution in [1.82, 2.24) is 4.90 Å². The summed E-state index contributed by atoms with van der Waals surface area (Å²) in [5, 5.41) is 0.845. The van der Waals surface area contributed by atoms with Crippen molar-refractivity contribution >= 4 is 28.9 Å². The molecular weight excluding hydrogens is 320 g/mol. The Hall–Kier alpha value is -2.01. The minimum Gasteiger partial charge on any atom is -0.489 e. The van der Waals surface area contributed by atoms with E-state index in [0.29, 0.717) is 11.5 Å². The highest BCUT2D eigenvalue weighted by molar-refractivity contribution is 8.18. The second-order valence-electron chi connectivity index (χ2n) is 5.85. The number of aliphatic imine (C=N–C) groups is 1. The number of amides is 1. The summed E-state index contributed by atoms with van der Waals surface area (Å²) < 4.78 is 5.66. The first-order chi connectivity index (χ1) is 11.8. The molecule has 0 atom stereocenters. The van der Waals surface area contributed by atoms with E-state index in [9.17, 15) is 4.79 Å². The molecule has 5 heteroatoms. The molecule has 2 heterocycles. The molecule has 3 rings (SSSR count). The van der Waals surface area contributed by atoms with Gasteiger partial charge in [-0.05, 0) is 36.7 Å². The quantitative estimate of drug-likeness (QED) is 0.610. The highest BCUT2D eigenvalue weighted by Crippen LogP contribution is 2.33.